The number of nitrogens with two attached hydrogens (primary N) is 1. The number of carbonyl (C=O) groups is 2. The molecule has 7 heteroatoms. The molecule has 1 aromatic heterocycles. The standard InChI is InChI=1S/C22H27N5O2/c1-3-9-23-18-8-7-15(13-24-18)20-25-19-17(28)12-16(11-14-5-6-14)22(29)27(10-4-2)21(19)26-20/h3,7-8,13-14,16H,1,4-6,9-12H2,2H3,(H,23,24)(H,25,26)/p+1. The van der Waals surface area contributed by atoms with Crippen molar-refractivity contribution in [3.63, 3.8) is 0 Å². The molecular formula is C22H28N5O2+. The SMILES string of the molecule is C=CCNc1ccc(C2=NC3=C([NH2+]2)C(=O)CC(CC2CC2)C(=O)N3CCC)cn1. The smallest absolute Gasteiger partial charge is 0.240 e. The maximum absolute atomic E-state index is 13.2. The first-order chi connectivity index (χ1) is 14.1. The molecule has 2 aliphatic heterocycles. The van der Waals surface area contributed by atoms with Crippen molar-refractivity contribution in [2.75, 3.05) is 18.4 Å². The summed E-state index contributed by atoms with van der Waals surface area (Å²) in [6.45, 7) is 6.94. The van der Waals surface area contributed by atoms with Gasteiger partial charge in [0.15, 0.2) is 0 Å². The lowest BCUT2D eigenvalue weighted by Gasteiger charge is -2.23. The number of pyridine rings is 1. The molecule has 0 aromatic carbocycles. The van der Waals surface area contributed by atoms with Crippen molar-refractivity contribution >= 4 is 23.3 Å². The number of carbonyl (C=O) groups excluding carboxylic acids is 2. The Bertz CT molecular complexity index is 883. The highest BCUT2D eigenvalue weighted by Crippen LogP contribution is 2.38. The Balaban J connectivity index is 1.58. The van der Waals surface area contributed by atoms with Crippen LogP contribution in [0.15, 0.2) is 47.5 Å². The predicted octanol–water partition coefficient (Wildman–Crippen LogP) is 1.80. The number of nitrogens with zero attached hydrogens (tertiary/aromatic N) is 3. The van der Waals surface area contributed by atoms with E-state index in [9.17, 15) is 9.59 Å². The number of aromatic nitrogens is 1. The van der Waals surface area contributed by atoms with Gasteiger partial charge in [0.05, 0.1) is 5.56 Å². The fraction of sp³-hybridized carbons (Fsp3) is 0.455. The Morgan fingerprint density at radius 3 is 2.83 bits per heavy atom. The second-order valence-corrected chi connectivity index (χ2v) is 7.97. The highest BCUT2D eigenvalue weighted by molar-refractivity contribution is 6.04. The number of Topliss-reactive ketones (excluding diaryl/α,β-unsaturated/α-hetero) is 1. The second kappa shape index (κ2) is 8.29. The summed E-state index contributed by atoms with van der Waals surface area (Å²) < 4.78 is 0. The molecule has 3 aliphatic rings. The molecule has 1 unspecified atom stereocenters. The first-order valence-corrected chi connectivity index (χ1v) is 10.4. The van der Waals surface area contributed by atoms with Gasteiger partial charge in [-0.25, -0.2) is 4.98 Å². The first-order valence-electron chi connectivity index (χ1n) is 10.4. The van der Waals surface area contributed by atoms with Crippen molar-refractivity contribution in [1.29, 1.82) is 0 Å². The molecule has 1 saturated carbocycles. The van der Waals surface area contributed by atoms with E-state index in [4.69, 9.17) is 4.99 Å². The van der Waals surface area contributed by atoms with E-state index < -0.39 is 0 Å². The van der Waals surface area contributed by atoms with Crippen molar-refractivity contribution in [2.45, 2.75) is 39.0 Å². The average molecular weight is 394 g/mol. The Kier molecular flexibility index (Phi) is 5.58. The topological polar surface area (TPSA) is 91.3 Å². The van der Waals surface area contributed by atoms with Gasteiger partial charge >= 0.3 is 0 Å². The fourth-order valence-electron chi connectivity index (χ4n) is 3.92. The van der Waals surface area contributed by atoms with Gasteiger partial charge in [-0.2, -0.15) is 4.99 Å². The van der Waals surface area contributed by atoms with Crippen LogP contribution in [0.5, 0.6) is 0 Å². The molecule has 1 amide bonds. The third-order valence-corrected chi connectivity index (χ3v) is 5.60. The Morgan fingerprint density at radius 2 is 2.17 bits per heavy atom. The third kappa shape index (κ3) is 4.15. The van der Waals surface area contributed by atoms with Gasteiger partial charge < -0.3 is 5.32 Å². The lowest BCUT2D eigenvalue weighted by molar-refractivity contribution is -0.473. The minimum Gasteiger partial charge on any atom is -0.367 e. The summed E-state index contributed by atoms with van der Waals surface area (Å²) in [5.41, 5.74) is 1.39. The van der Waals surface area contributed by atoms with Gasteiger partial charge in [0.25, 0.3) is 0 Å². The summed E-state index contributed by atoms with van der Waals surface area (Å²) in [5.74, 6) is 2.42. The van der Waals surface area contributed by atoms with Crippen LogP contribution in [-0.2, 0) is 9.59 Å². The molecule has 3 heterocycles. The van der Waals surface area contributed by atoms with Crippen molar-refractivity contribution < 1.29 is 14.9 Å². The van der Waals surface area contributed by atoms with Gasteiger partial charge in [0, 0.05) is 31.6 Å². The van der Waals surface area contributed by atoms with Gasteiger partial charge in [0.1, 0.15) is 5.82 Å². The number of rotatable bonds is 8. The quantitative estimate of drug-likeness (QED) is 0.658. The number of nitrogens with one attached hydrogen (secondary N) is 1. The maximum atomic E-state index is 13.2. The summed E-state index contributed by atoms with van der Waals surface area (Å²) >= 11 is 0. The highest BCUT2D eigenvalue weighted by Gasteiger charge is 2.43. The van der Waals surface area contributed by atoms with Crippen LogP contribution in [0.3, 0.4) is 0 Å². The number of ketones is 1. The van der Waals surface area contributed by atoms with E-state index in [0.29, 0.717) is 36.4 Å². The molecule has 7 nitrogen and oxygen atoms in total. The van der Waals surface area contributed by atoms with Crippen LogP contribution in [0.2, 0.25) is 0 Å². The average Bonchev–Trinajstić information content (AvgIpc) is 3.45. The molecule has 1 aliphatic carbocycles. The van der Waals surface area contributed by atoms with E-state index in [0.717, 1.165) is 24.2 Å². The number of hydrogen-bond acceptors (Lipinski definition) is 5. The fourth-order valence-corrected chi connectivity index (χ4v) is 3.92. The summed E-state index contributed by atoms with van der Waals surface area (Å²) in [6.07, 6.45) is 7.80. The van der Waals surface area contributed by atoms with E-state index in [-0.39, 0.29) is 24.0 Å². The van der Waals surface area contributed by atoms with E-state index in [1.54, 1.807) is 17.2 Å². The second-order valence-electron chi connectivity index (χ2n) is 7.97. The normalized spacial score (nSPS) is 21.8. The minimum atomic E-state index is -0.212. The van der Waals surface area contributed by atoms with Crippen LogP contribution in [0.4, 0.5) is 5.82 Å². The number of amidine groups is 1. The van der Waals surface area contributed by atoms with E-state index in [1.807, 2.05) is 24.4 Å². The predicted molar refractivity (Wildman–Crippen MR) is 111 cm³/mol. The van der Waals surface area contributed by atoms with Gasteiger partial charge in [0.2, 0.25) is 29.0 Å². The molecule has 1 fully saturated rings. The Morgan fingerprint density at radius 1 is 1.34 bits per heavy atom. The molecule has 0 spiro atoms. The van der Waals surface area contributed by atoms with Crippen LogP contribution in [0, 0.1) is 11.8 Å². The number of hydrogen-bond donors (Lipinski definition) is 2. The van der Waals surface area contributed by atoms with Crippen LogP contribution >= 0.6 is 0 Å². The van der Waals surface area contributed by atoms with Crippen molar-refractivity contribution in [3.8, 4) is 0 Å². The number of amides is 1. The molecule has 152 valence electrons. The molecule has 29 heavy (non-hydrogen) atoms. The minimum absolute atomic E-state index is 0.0218. The third-order valence-electron chi connectivity index (χ3n) is 5.60. The molecule has 1 atom stereocenters. The molecule has 4 rings (SSSR count). The zero-order valence-corrected chi connectivity index (χ0v) is 16.9. The zero-order chi connectivity index (χ0) is 20.4. The van der Waals surface area contributed by atoms with Crippen LogP contribution in [0.1, 0.15) is 44.6 Å². The lowest BCUT2D eigenvalue weighted by Crippen LogP contribution is -2.86. The van der Waals surface area contributed by atoms with Crippen LogP contribution in [0.25, 0.3) is 0 Å². The zero-order valence-electron chi connectivity index (χ0n) is 16.9. The van der Waals surface area contributed by atoms with Gasteiger partial charge in [-0.05, 0) is 30.9 Å². The van der Waals surface area contributed by atoms with Gasteiger partial charge in [-0.3, -0.25) is 19.8 Å². The van der Waals surface area contributed by atoms with Crippen molar-refractivity contribution in [2.24, 2.45) is 16.8 Å². The van der Waals surface area contributed by atoms with E-state index in [1.165, 1.54) is 12.8 Å². The molecule has 0 radical (unpaired) electrons. The van der Waals surface area contributed by atoms with Crippen LogP contribution in [-0.4, -0.2) is 40.5 Å². The number of allylic oxidation sites excluding steroid dienone is 1. The first kappa shape index (κ1) is 19.5. The summed E-state index contributed by atoms with van der Waals surface area (Å²) in [6, 6.07) is 3.80. The molecule has 3 N–H and O–H groups in total. The number of aliphatic imine (C=N–C) groups is 1. The van der Waals surface area contributed by atoms with E-state index in [2.05, 4.69) is 16.9 Å². The molecule has 0 saturated heterocycles. The summed E-state index contributed by atoms with van der Waals surface area (Å²) in [4.78, 5) is 37.0. The number of anilines is 1. The Labute approximate surface area is 171 Å². The van der Waals surface area contributed by atoms with Crippen LogP contribution < -0.4 is 10.6 Å². The highest BCUT2D eigenvalue weighted by atomic mass is 16.2. The van der Waals surface area contributed by atoms with Crippen molar-refractivity contribution in [3.05, 3.63) is 48.1 Å². The lowest BCUT2D eigenvalue weighted by atomic mass is 9.95. The molecule has 0 bridgehead atoms. The molecule has 1 aromatic rings. The van der Waals surface area contributed by atoms with Gasteiger partial charge in [-0.1, -0.05) is 25.8 Å². The van der Waals surface area contributed by atoms with E-state index >= 15 is 0 Å². The number of quaternary nitrogens is 1. The van der Waals surface area contributed by atoms with Crippen molar-refractivity contribution in [1.82, 2.24) is 9.88 Å². The summed E-state index contributed by atoms with van der Waals surface area (Å²) in [7, 11) is 0. The monoisotopic (exact) mass is 394 g/mol. The maximum Gasteiger partial charge on any atom is 0.240 e. The summed E-state index contributed by atoms with van der Waals surface area (Å²) in [5, 5.41) is 4.96. The largest absolute Gasteiger partial charge is 0.367 e. The Hall–Kier alpha value is -2.80. The van der Waals surface area contributed by atoms with Gasteiger partial charge in [-0.15, -0.1) is 6.58 Å². The molecular weight excluding hydrogens is 366 g/mol.